The van der Waals surface area contributed by atoms with Crippen LogP contribution in [0.2, 0.25) is 0 Å². The van der Waals surface area contributed by atoms with Gasteiger partial charge >= 0.3 is 0 Å². The zero-order valence-electron chi connectivity index (χ0n) is 20.9. The normalized spacial score (nSPS) is 44.0. The summed E-state index contributed by atoms with van der Waals surface area (Å²) in [5.74, 6) is 0.607. The van der Waals surface area contributed by atoms with E-state index in [1.165, 1.54) is 23.1 Å². The van der Waals surface area contributed by atoms with Crippen molar-refractivity contribution in [3.8, 4) is 0 Å². The molecular formula is C29H34N2O4. The Balaban J connectivity index is 1.33. The van der Waals surface area contributed by atoms with Crippen molar-refractivity contribution in [2.24, 2.45) is 17.3 Å². The van der Waals surface area contributed by atoms with Crippen LogP contribution in [0.5, 0.6) is 0 Å². The first kappa shape index (κ1) is 22.0. The van der Waals surface area contributed by atoms with Crippen LogP contribution in [0.1, 0.15) is 45.1 Å². The Morgan fingerprint density at radius 1 is 1.17 bits per heavy atom. The fraction of sp³-hybridized carbons (Fsp3) is 0.552. The first-order valence-corrected chi connectivity index (χ1v) is 12.9. The lowest BCUT2D eigenvalue weighted by Gasteiger charge is -2.57. The van der Waals surface area contributed by atoms with Gasteiger partial charge in [-0.05, 0) is 80.1 Å². The van der Waals surface area contributed by atoms with Crippen molar-refractivity contribution < 1.29 is 19.4 Å². The lowest BCUT2D eigenvalue weighted by Crippen LogP contribution is -2.62. The fourth-order valence-electron chi connectivity index (χ4n) is 8.28. The molecule has 6 nitrogen and oxygen atoms in total. The molecule has 2 spiro atoms. The van der Waals surface area contributed by atoms with Gasteiger partial charge in [0.05, 0.1) is 17.3 Å². The van der Waals surface area contributed by atoms with Gasteiger partial charge in [0.15, 0.2) is 12.0 Å². The summed E-state index contributed by atoms with van der Waals surface area (Å²) in [6, 6.07) is 6.20. The second-order valence-electron chi connectivity index (χ2n) is 11.9. The molecule has 1 aromatic heterocycles. The molecule has 2 fully saturated rings. The van der Waals surface area contributed by atoms with E-state index >= 15 is 0 Å². The Morgan fingerprint density at radius 2 is 2.00 bits per heavy atom. The van der Waals surface area contributed by atoms with Gasteiger partial charge in [0.25, 0.3) is 0 Å². The molecule has 2 bridgehead atoms. The first-order chi connectivity index (χ1) is 16.7. The van der Waals surface area contributed by atoms with Gasteiger partial charge in [-0.15, -0.1) is 0 Å². The Hall–Kier alpha value is -2.25. The minimum absolute atomic E-state index is 0.0778. The largest absolute Gasteiger partial charge is 0.443 e. The summed E-state index contributed by atoms with van der Waals surface area (Å²) < 4.78 is 12.7. The molecule has 184 valence electrons. The van der Waals surface area contributed by atoms with Crippen LogP contribution < -0.4 is 0 Å². The van der Waals surface area contributed by atoms with Crippen molar-refractivity contribution in [1.82, 2.24) is 9.88 Å². The molecule has 8 atom stereocenters. The van der Waals surface area contributed by atoms with E-state index in [0.29, 0.717) is 18.3 Å². The van der Waals surface area contributed by atoms with Gasteiger partial charge in [-0.1, -0.05) is 38.1 Å². The SMILES string of the molecule is CC1C=C2C=C3C(O)C(O)C(N(C)C)CC34CCC2(O4)C2CC=C(c3ccc4ocnc4c3)C12C. The molecule has 0 amide bonds. The number of likely N-dealkylation sites (N-methyl/N-ethyl adjacent to an activating group) is 1. The van der Waals surface area contributed by atoms with E-state index in [9.17, 15) is 10.2 Å². The lowest BCUT2D eigenvalue weighted by molar-refractivity contribution is -0.165. The van der Waals surface area contributed by atoms with Gasteiger partial charge in [0.2, 0.25) is 0 Å². The number of aliphatic hydroxyl groups excluding tert-OH is 2. The van der Waals surface area contributed by atoms with E-state index in [1.54, 1.807) is 0 Å². The highest BCUT2D eigenvalue weighted by Gasteiger charge is 2.68. The summed E-state index contributed by atoms with van der Waals surface area (Å²) in [6.45, 7) is 4.72. The topological polar surface area (TPSA) is 79.0 Å². The minimum Gasteiger partial charge on any atom is -0.443 e. The van der Waals surface area contributed by atoms with E-state index < -0.39 is 17.8 Å². The lowest BCUT2D eigenvalue weighted by atomic mass is 9.54. The number of nitrogens with zero attached hydrogens (tertiary/aromatic N) is 2. The van der Waals surface area contributed by atoms with Crippen molar-refractivity contribution >= 4 is 16.7 Å². The molecular weight excluding hydrogens is 440 g/mol. The van der Waals surface area contributed by atoms with Gasteiger partial charge in [-0.3, -0.25) is 0 Å². The molecule has 3 aliphatic carbocycles. The van der Waals surface area contributed by atoms with Crippen LogP contribution in [0.4, 0.5) is 0 Å². The van der Waals surface area contributed by atoms with Gasteiger partial charge in [0.1, 0.15) is 11.6 Å². The summed E-state index contributed by atoms with van der Waals surface area (Å²) in [4.78, 5) is 6.42. The molecule has 6 heteroatoms. The molecule has 5 aliphatic rings. The van der Waals surface area contributed by atoms with Crippen molar-refractivity contribution in [2.75, 3.05) is 14.1 Å². The van der Waals surface area contributed by atoms with Crippen LogP contribution in [0.15, 0.2) is 58.4 Å². The highest BCUT2D eigenvalue weighted by atomic mass is 16.5. The van der Waals surface area contributed by atoms with E-state index in [1.807, 2.05) is 25.1 Å². The Morgan fingerprint density at radius 3 is 2.80 bits per heavy atom. The number of aromatic nitrogens is 1. The smallest absolute Gasteiger partial charge is 0.181 e. The molecule has 0 radical (unpaired) electrons. The maximum absolute atomic E-state index is 11.2. The molecule has 1 saturated carbocycles. The maximum Gasteiger partial charge on any atom is 0.181 e. The van der Waals surface area contributed by atoms with Gasteiger partial charge < -0.3 is 24.3 Å². The van der Waals surface area contributed by atoms with Gasteiger partial charge in [-0.2, -0.15) is 0 Å². The first-order valence-electron chi connectivity index (χ1n) is 12.9. The van der Waals surface area contributed by atoms with Crippen molar-refractivity contribution in [3.05, 3.63) is 59.5 Å². The molecule has 2 aliphatic heterocycles. The van der Waals surface area contributed by atoms with Crippen LogP contribution in [-0.4, -0.2) is 63.6 Å². The zero-order chi connectivity index (χ0) is 24.3. The number of ether oxygens (including phenoxy) is 1. The fourth-order valence-corrected chi connectivity index (χ4v) is 8.28. The maximum atomic E-state index is 11.2. The third kappa shape index (κ3) is 2.61. The summed E-state index contributed by atoms with van der Waals surface area (Å²) in [7, 11) is 3.95. The average Bonchev–Trinajstić information content (AvgIpc) is 3.52. The summed E-state index contributed by atoms with van der Waals surface area (Å²) >= 11 is 0. The number of allylic oxidation sites excluding steroid dienone is 3. The van der Waals surface area contributed by atoms with Crippen LogP contribution in [0.25, 0.3) is 16.7 Å². The van der Waals surface area contributed by atoms with Crippen molar-refractivity contribution in [3.63, 3.8) is 0 Å². The number of aliphatic hydroxyl groups is 2. The van der Waals surface area contributed by atoms with Crippen molar-refractivity contribution in [1.29, 1.82) is 0 Å². The molecule has 3 heterocycles. The second kappa shape index (κ2) is 6.94. The van der Waals surface area contributed by atoms with E-state index in [2.05, 4.69) is 49.2 Å². The second-order valence-corrected chi connectivity index (χ2v) is 11.9. The summed E-state index contributed by atoms with van der Waals surface area (Å²) in [5.41, 5.74) is 5.41. The number of fused-ring (bicyclic) bond motifs is 2. The number of hydrogen-bond donors (Lipinski definition) is 2. The van der Waals surface area contributed by atoms with Crippen LogP contribution in [0, 0.1) is 17.3 Å². The molecule has 35 heavy (non-hydrogen) atoms. The van der Waals surface area contributed by atoms with E-state index in [4.69, 9.17) is 9.15 Å². The Kier molecular flexibility index (Phi) is 4.36. The van der Waals surface area contributed by atoms with Crippen molar-refractivity contribution in [2.45, 2.75) is 69.0 Å². The number of rotatable bonds is 2. The minimum atomic E-state index is -0.900. The quantitative estimate of drug-likeness (QED) is 0.683. The molecule has 8 unspecified atom stereocenters. The van der Waals surface area contributed by atoms with Crippen LogP contribution in [0.3, 0.4) is 0 Å². The standard InChI is InChI=1S/C29H34N2O4/c1-16-11-18-13-20-25(32)26(33)22(31(3)4)14-28(20)9-10-29(18,35-28)24-8-6-19(27(16,24)2)17-5-7-23-21(12-17)30-15-34-23/h5-7,11-13,15-16,22,24-26,32-33H,8-10,14H2,1-4H3. The number of oxazole rings is 1. The molecule has 1 aromatic carbocycles. The Labute approximate surface area is 206 Å². The summed E-state index contributed by atoms with van der Waals surface area (Å²) in [5, 5.41) is 22.1. The molecule has 2 aromatic rings. The summed E-state index contributed by atoms with van der Waals surface area (Å²) in [6.07, 6.45) is 10.3. The van der Waals surface area contributed by atoms with Gasteiger partial charge in [-0.25, -0.2) is 4.98 Å². The molecule has 7 rings (SSSR count). The number of benzene rings is 1. The van der Waals surface area contributed by atoms with Crippen LogP contribution >= 0.6 is 0 Å². The van der Waals surface area contributed by atoms with Gasteiger partial charge in [0, 0.05) is 17.4 Å². The highest BCUT2D eigenvalue weighted by Crippen LogP contribution is 2.69. The zero-order valence-corrected chi connectivity index (χ0v) is 20.9. The average molecular weight is 475 g/mol. The van der Waals surface area contributed by atoms with Crippen LogP contribution in [-0.2, 0) is 4.74 Å². The van der Waals surface area contributed by atoms with E-state index in [-0.39, 0.29) is 17.1 Å². The van der Waals surface area contributed by atoms with E-state index in [0.717, 1.165) is 35.9 Å². The monoisotopic (exact) mass is 474 g/mol. The number of hydrogen-bond acceptors (Lipinski definition) is 6. The molecule has 1 saturated heterocycles. The Bertz CT molecular complexity index is 1320. The predicted molar refractivity (Wildman–Crippen MR) is 133 cm³/mol. The molecule has 2 N–H and O–H groups in total. The third-order valence-electron chi connectivity index (χ3n) is 10.3. The predicted octanol–water partition coefficient (Wildman–Crippen LogP) is 4.10. The third-order valence-corrected chi connectivity index (χ3v) is 10.3. The highest BCUT2D eigenvalue weighted by molar-refractivity contribution is 5.82.